The fourth-order valence-electron chi connectivity index (χ4n) is 3.00. The van der Waals surface area contributed by atoms with Gasteiger partial charge >= 0.3 is 0 Å². The number of aliphatic hydroxyl groups is 1. The maximum atomic E-state index is 10.1. The maximum Gasteiger partial charge on any atom is 0.191 e. The van der Waals surface area contributed by atoms with Crippen LogP contribution in [-0.4, -0.2) is 68.4 Å². The van der Waals surface area contributed by atoms with E-state index >= 15 is 0 Å². The van der Waals surface area contributed by atoms with Crippen molar-refractivity contribution >= 4 is 29.9 Å². The van der Waals surface area contributed by atoms with Gasteiger partial charge in [-0.25, -0.2) is 0 Å². The van der Waals surface area contributed by atoms with E-state index in [9.17, 15) is 5.11 Å². The molecule has 26 heavy (non-hydrogen) atoms. The summed E-state index contributed by atoms with van der Waals surface area (Å²) in [5.41, 5.74) is 0. The average molecular weight is 480 g/mol. The first-order chi connectivity index (χ1) is 12.2. The average Bonchev–Trinajstić information content (AvgIpc) is 3.16. The fourth-order valence-corrected chi connectivity index (χ4v) is 3.00. The van der Waals surface area contributed by atoms with Gasteiger partial charge in [0.2, 0.25) is 0 Å². The molecule has 1 aliphatic rings. The molecule has 3 N–H and O–H groups in total. The number of rotatable bonds is 9. The summed E-state index contributed by atoms with van der Waals surface area (Å²) in [6.45, 7) is 7.22. The van der Waals surface area contributed by atoms with E-state index in [0.717, 1.165) is 58.0 Å². The van der Waals surface area contributed by atoms with Gasteiger partial charge in [0, 0.05) is 45.9 Å². The number of nitrogens with one attached hydrogen (secondary N) is 2. The van der Waals surface area contributed by atoms with Crippen molar-refractivity contribution in [2.45, 2.75) is 38.3 Å². The van der Waals surface area contributed by atoms with Crippen molar-refractivity contribution in [1.82, 2.24) is 15.5 Å². The molecule has 1 fully saturated rings. The molecule has 150 valence electrons. The predicted molar refractivity (Wildman–Crippen MR) is 114 cm³/mol. The smallest absolute Gasteiger partial charge is 0.191 e. The minimum absolute atomic E-state index is 0. The van der Waals surface area contributed by atoms with E-state index < -0.39 is 6.10 Å². The number of nitrogens with zero attached hydrogens (tertiary/aromatic N) is 2. The van der Waals surface area contributed by atoms with Gasteiger partial charge in [-0.1, -0.05) is 0 Å². The standard InChI is InChI=1S/C18H32N4O3.HI/c1-3-19-18(20-14-16(23)17-6-4-13-25-17)21-15-7-10-22(11-8-15)9-5-12-24-2;/h4,6,13,15-16,23H,3,5,7-12,14H2,1-2H3,(H2,19,20,21);1H. The van der Waals surface area contributed by atoms with E-state index in [0.29, 0.717) is 11.8 Å². The van der Waals surface area contributed by atoms with Crippen molar-refractivity contribution in [1.29, 1.82) is 0 Å². The molecule has 8 heteroatoms. The van der Waals surface area contributed by atoms with Crippen LogP contribution in [0.1, 0.15) is 38.1 Å². The zero-order valence-corrected chi connectivity index (χ0v) is 18.1. The van der Waals surface area contributed by atoms with Crippen LogP contribution in [-0.2, 0) is 4.74 Å². The summed E-state index contributed by atoms with van der Waals surface area (Å²) in [5.74, 6) is 1.30. The Kier molecular flexibility index (Phi) is 11.9. The van der Waals surface area contributed by atoms with Crippen molar-refractivity contribution in [3.05, 3.63) is 24.2 Å². The number of halogens is 1. The van der Waals surface area contributed by atoms with Gasteiger partial charge in [-0.3, -0.25) is 4.99 Å². The van der Waals surface area contributed by atoms with Gasteiger partial charge in [0.15, 0.2) is 5.96 Å². The lowest BCUT2D eigenvalue weighted by Gasteiger charge is -2.33. The number of likely N-dealkylation sites (tertiary alicyclic amines) is 1. The highest BCUT2D eigenvalue weighted by Gasteiger charge is 2.20. The first-order valence-corrected chi connectivity index (χ1v) is 9.20. The van der Waals surface area contributed by atoms with Crippen LogP contribution in [0.2, 0.25) is 0 Å². The Bertz CT molecular complexity index is 491. The summed E-state index contributed by atoms with van der Waals surface area (Å²) in [6.07, 6.45) is 4.12. The minimum Gasteiger partial charge on any atom is -0.467 e. The van der Waals surface area contributed by atoms with Crippen LogP contribution in [0, 0.1) is 0 Å². The number of hydrogen-bond donors (Lipinski definition) is 3. The van der Waals surface area contributed by atoms with Crippen molar-refractivity contribution in [2.24, 2.45) is 4.99 Å². The summed E-state index contributed by atoms with van der Waals surface area (Å²) in [7, 11) is 1.75. The molecule has 1 saturated heterocycles. The molecular weight excluding hydrogens is 447 g/mol. The fraction of sp³-hybridized carbons (Fsp3) is 0.722. The molecule has 1 aromatic heterocycles. The molecule has 1 atom stereocenters. The number of hydrogen-bond acceptors (Lipinski definition) is 5. The normalized spacial score (nSPS) is 17.6. The summed E-state index contributed by atoms with van der Waals surface area (Å²) in [6, 6.07) is 3.95. The predicted octanol–water partition coefficient (Wildman–Crippen LogP) is 1.99. The third-order valence-electron chi connectivity index (χ3n) is 4.39. The third kappa shape index (κ3) is 8.24. The Labute approximate surface area is 173 Å². The highest BCUT2D eigenvalue weighted by molar-refractivity contribution is 14.0. The SMILES string of the molecule is CCNC(=NCC(O)c1ccco1)NC1CCN(CCCOC)CC1.I. The summed E-state index contributed by atoms with van der Waals surface area (Å²) in [4.78, 5) is 6.99. The lowest BCUT2D eigenvalue weighted by atomic mass is 10.1. The van der Waals surface area contributed by atoms with Gasteiger partial charge < -0.3 is 29.8 Å². The Balaban J connectivity index is 0.00000338. The lowest BCUT2D eigenvalue weighted by Crippen LogP contribution is -2.49. The van der Waals surface area contributed by atoms with E-state index in [1.807, 2.05) is 6.92 Å². The lowest BCUT2D eigenvalue weighted by molar-refractivity contribution is 0.154. The molecule has 2 rings (SSSR count). The first kappa shape index (κ1) is 23.2. The molecular formula is C18H33IN4O3. The van der Waals surface area contributed by atoms with E-state index in [-0.39, 0.29) is 30.5 Å². The van der Waals surface area contributed by atoms with Gasteiger partial charge in [0.05, 0.1) is 12.8 Å². The van der Waals surface area contributed by atoms with E-state index in [1.54, 1.807) is 25.5 Å². The van der Waals surface area contributed by atoms with E-state index in [4.69, 9.17) is 9.15 Å². The highest BCUT2D eigenvalue weighted by atomic mass is 127. The van der Waals surface area contributed by atoms with Gasteiger partial charge in [-0.2, -0.15) is 0 Å². The quantitative estimate of drug-likeness (QED) is 0.217. The zero-order chi connectivity index (χ0) is 17.9. The molecule has 0 bridgehead atoms. The molecule has 2 heterocycles. The number of aliphatic imine (C=N–C) groups is 1. The number of piperidine rings is 1. The second kappa shape index (κ2) is 13.3. The largest absolute Gasteiger partial charge is 0.467 e. The summed E-state index contributed by atoms with van der Waals surface area (Å²) >= 11 is 0. The van der Waals surface area contributed by atoms with Gasteiger partial charge in [0.25, 0.3) is 0 Å². The van der Waals surface area contributed by atoms with Crippen LogP contribution in [0.15, 0.2) is 27.8 Å². The third-order valence-corrected chi connectivity index (χ3v) is 4.39. The number of guanidine groups is 1. The Morgan fingerprint density at radius 3 is 2.85 bits per heavy atom. The summed E-state index contributed by atoms with van der Waals surface area (Å²) in [5, 5.41) is 16.8. The zero-order valence-electron chi connectivity index (χ0n) is 15.8. The molecule has 7 nitrogen and oxygen atoms in total. The molecule has 1 aliphatic heterocycles. The maximum absolute atomic E-state index is 10.1. The minimum atomic E-state index is -0.715. The highest BCUT2D eigenvalue weighted by Crippen LogP contribution is 2.13. The number of methoxy groups -OCH3 is 1. The molecule has 1 aromatic rings. The topological polar surface area (TPSA) is 82.3 Å². The van der Waals surface area contributed by atoms with Crippen LogP contribution in [0.25, 0.3) is 0 Å². The van der Waals surface area contributed by atoms with Crippen molar-refractivity contribution in [3.8, 4) is 0 Å². The van der Waals surface area contributed by atoms with Crippen LogP contribution < -0.4 is 10.6 Å². The number of aliphatic hydroxyl groups excluding tert-OH is 1. The monoisotopic (exact) mass is 480 g/mol. The first-order valence-electron chi connectivity index (χ1n) is 9.20. The van der Waals surface area contributed by atoms with Crippen molar-refractivity contribution in [2.75, 3.05) is 46.4 Å². The van der Waals surface area contributed by atoms with Gasteiger partial charge in [-0.05, 0) is 38.3 Å². The Morgan fingerprint density at radius 2 is 2.23 bits per heavy atom. The Hall–Kier alpha value is -0.840. The van der Waals surface area contributed by atoms with Crippen LogP contribution >= 0.6 is 24.0 Å². The second-order valence-electron chi connectivity index (χ2n) is 6.36. The molecule has 1 unspecified atom stereocenters. The number of ether oxygens (including phenoxy) is 1. The molecule has 0 aliphatic carbocycles. The molecule has 0 radical (unpaired) electrons. The molecule has 0 aromatic carbocycles. The van der Waals surface area contributed by atoms with Gasteiger partial charge in [0.1, 0.15) is 11.9 Å². The number of furan rings is 1. The molecule has 0 amide bonds. The Morgan fingerprint density at radius 1 is 1.46 bits per heavy atom. The molecule has 0 spiro atoms. The van der Waals surface area contributed by atoms with Crippen molar-refractivity contribution in [3.63, 3.8) is 0 Å². The molecule has 0 saturated carbocycles. The second-order valence-corrected chi connectivity index (χ2v) is 6.36. The van der Waals surface area contributed by atoms with Crippen LogP contribution in [0.5, 0.6) is 0 Å². The van der Waals surface area contributed by atoms with E-state index in [1.165, 1.54) is 0 Å². The van der Waals surface area contributed by atoms with Gasteiger partial charge in [-0.15, -0.1) is 24.0 Å². The van der Waals surface area contributed by atoms with Crippen LogP contribution in [0.4, 0.5) is 0 Å². The van der Waals surface area contributed by atoms with E-state index in [2.05, 4.69) is 20.5 Å². The van der Waals surface area contributed by atoms with Crippen molar-refractivity contribution < 1.29 is 14.3 Å². The van der Waals surface area contributed by atoms with Crippen LogP contribution in [0.3, 0.4) is 0 Å². The summed E-state index contributed by atoms with van der Waals surface area (Å²) < 4.78 is 10.3.